The molecule has 0 spiro atoms. The molecule has 0 radical (unpaired) electrons. The van der Waals surface area contributed by atoms with E-state index in [1.165, 1.54) is 24.6 Å². The molecule has 132 valence electrons. The minimum absolute atomic E-state index is 0.0493. The van der Waals surface area contributed by atoms with E-state index in [-0.39, 0.29) is 11.5 Å². The zero-order valence-corrected chi connectivity index (χ0v) is 13.9. The summed E-state index contributed by atoms with van der Waals surface area (Å²) in [7, 11) is 1.00. The van der Waals surface area contributed by atoms with Gasteiger partial charge < -0.3 is 19.5 Å². The lowest BCUT2D eigenvalue weighted by Crippen LogP contribution is -2.27. The number of aromatic carboxylic acids is 1. The molecule has 1 aromatic carbocycles. The fraction of sp³-hybridized carbons (Fsp3) is 0.278. The molecule has 7 nitrogen and oxygen atoms in total. The lowest BCUT2D eigenvalue weighted by molar-refractivity contribution is 0.0697. The molecule has 0 bridgehead atoms. The van der Waals surface area contributed by atoms with Gasteiger partial charge in [0, 0.05) is 31.3 Å². The molecular formula is C18H20N2O5. The Kier molecular flexibility index (Phi) is 7.90. The van der Waals surface area contributed by atoms with Crippen LogP contribution < -0.4 is 0 Å². The van der Waals surface area contributed by atoms with Gasteiger partial charge in [0.15, 0.2) is 0 Å². The van der Waals surface area contributed by atoms with Crippen molar-refractivity contribution in [2.45, 2.75) is 12.8 Å². The standard InChI is InChI=1S/C15H14N2O4.C2H2.CH4O/c18-14(17-4-1-2-5-17)11-7-10(13-16-3-6-21-13)8-12(9-11)15(19)20;2*1-2/h3,6-9H,1-2,4-5H2,(H,19,20);1-2H;2H,1H3. The van der Waals surface area contributed by atoms with E-state index >= 15 is 0 Å². The molecule has 1 aliphatic heterocycles. The van der Waals surface area contributed by atoms with Crippen LogP contribution in [0.3, 0.4) is 0 Å². The van der Waals surface area contributed by atoms with Crippen LogP contribution in [0.1, 0.15) is 33.6 Å². The summed E-state index contributed by atoms with van der Waals surface area (Å²) >= 11 is 0. The zero-order chi connectivity index (χ0) is 18.8. The second kappa shape index (κ2) is 9.90. The summed E-state index contributed by atoms with van der Waals surface area (Å²) in [5, 5.41) is 16.2. The lowest BCUT2D eigenvalue weighted by atomic mass is 10.0. The van der Waals surface area contributed by atoms with Crippen LogP contribution in [0.15, 0.2) is 35.1 Å². The van der Waals surface area contributed by atoms with E-state index in [2.05, 4.69) is 17.8 Å². The smallest absolute Gasteiger partial charge is 0.335 e. The molecule has 25 heavy (non-hydrogen) atoms. The van der Waals surface area contributed by atoms with Crippen LogP contribution in [0.5, 0.6) is 0 Å². The van der Waals surface area contributed by atoms with E-state index in [4.69, 9.17) is 9.52 Å². The summed E-state index contributed by atoms with van der Waals surface area (Å²) in [5.41, 5.74) is 0.890. The zero-order valence-electron chi connectivity index (χ0n) is 13.9. The number of carboxylic acid groups (broad SMARTS) is 1. The molecule has 2 aromatic rings. The number of aliphatic hydroxyl groups excluding tert-OH is 1. The van der Waals surface area contributed by atoms with Gasteiger partial charge in [0.1, 0.15) is 6.26 Å². The number of aromatic nitrogens is 1. The number of benzene rings is 1. The molecule has 1 fully saturated rings. The molecule has 1 aromatic heterocycles. The first-order valence-corrected chi connectivity index (χ1v) is 7.51. The second-order valence-corrected chi connectivity index (χ2v) is 4.94. The molecule has 0 aliphatic carbocycles. The number of carboxylic acids is 1. The van der Waals surface area contributed by atoms with Crippen molar-refractivity contribution in [2.75, 3.05) is 20.2 Å². The number of aliphatic hydroxyl groups is 1. The summed E-state index contributed by atoms with van der Waals surface area (Å²) in [5.74, 6) is -0.934. The molecule has 1 aliphatic rings. The lowest BCUT2D eigenvalue weighted by Gasteiger charge is -2.16. The predicted octanol–water partition coefficient (Wildman–Crippen LogP) is 2.13. The topological polar surface area (TPSA) is 104 Å². The van der Waals surface area contributed by atoms with Crippen LogP contribution in [0, 0.1) is 12.8 Å². The van der Waals surface area contributed by atoms with Crippen LogP contribution in [0.4, 0.5) is 0 Å². The number of oxazole rings is 1. The van der Waals surface area contributed by atoms with Crippen molar-refractivity contribution < 1.29 is 24.2 Å². The number of rotatable bonds is 3. The Bertz CT molecular complexity index is 716. The first-order valence-electron chi connectivity index (χ1n) is 7.51. The highest BCUT2D eigenvalue weighted by molar-refractivity contribution is 5.99. The molecular weight excluding hydrogens is 324 g/mol. The Morgan fingerprint density at radius 1 is 1.12 bits per heavy atom. The molecule has 1 saturated heterocycles. The van der Waals surface area contributed by atoms with Crippen molar-refractivity contribution in [3.8, 4) is 24.3 Å². The van der Waals surface area contributed by atoms with E-state index in [1.54, 1.807) is 11.0 Å². The van der Waals surface area contributed by atoms with E-state index in [1.807, 2.05) is 0 Å². The number of likely N-dealkylation sites (tertiary alicyclic amines) is 1. The van der Waals surface area contributed by atoms with E-state index in [9.17, 15) is 14.7 Å². The largest absolute Gasteiger partial charge is 0.478 e. The third-order valence-electron chi connectivity index (χ3n) is 3.50. The normalized spacial score (nSPS) is 12.4. The van der Waals surface area contributed by atoms with Crippen LogP contribution in [0.25, 0.3) is 11.5 Å². The van der Waals surface area contributed by atoms with Gasteiger partial charge in [-0.05, 0) is 31.0 Å². The van der Waals surface area contributed by atoms with Gasteiger partial charge in [0.25, 0.3) is 5.91 Å². The molecule has 2 N–H and O–H groups in total. The summed E-state index contributed by atoms with van der Waals surface area (Å²) in [6.07, 6.45) is 12.9. The minimum atomic E-state index is -1.08. The molecule has 3 rings (SSSR count). The second-order valence-electron chi connectivity index (χ2n) is 4.94. The summed E-state index contributed by atoms with van der Waals surface area (Å²) < 4.78 is 5.19. The number of terminal acetylenes is 1. The first-order chi connectivity index (χ1) is 12.1. The molecule has 7 heteroatoms. The van der Waals surface area contributed by atoms with E-state index < -0.39 is 5.97 Å². The average molecular weight is 344 g/mol. The third-order valence-corrected chi connectivity index (χ3v) is 3.50. The SMILES string of the molecule is C#C.CO.O=C(O)c1cc(C(=O)N2CCCC2)cc(-c2ncco2)c1. The molecule has 2 heterocycles. The maximum atomic E-state index is 12.4. The van der Waals surface area contributed by atoms with Gasteiger partial charge in [-0.25, -0.2) is 9.78 Å². The highest BCUT2D eigenvalue weighted by Gasteiger charge is 2.22. The summed E-state index contributed by atoms with van der Waals surface area (Å²) in [6.45, 7) is 1.43. The maximum absolute atomic E-state index is 12.4. The van der Waals surface area contributed by atoms with Crippen LogP contribution in [0.2, 0.25) is 0 Å². The quantitative estimate of drug-likeness (QED) is 0.827. The van der Waals surface area contributed by atoms with Crippen molar-refractivity contribution >= 4 is 11.9 Å². The summed E-state index contributed by atoms with van der Waals surface area (Å²) in [6, 6.07) is 4.48. The van der Waals surface area contributed by atoms with Crippen LogP contribution >= 0.6 is 0 Å². The Balaban J connectivity index is 0.000000730. The maximum Gasteiger partial charge on any atom is 0.335 e. The van der Waals surface area contributed by atoms with Crippen molar-refractivity contribution in [3.63, 3.8) is 0 Å². The Morgan fingerprint density at radius 2 is 1.72 bits per heavy atom. The molecule has 0 atom stereocenters. The Morgan fingerprint density at radius 3 is 2.24 bits per heavy atom. The Hall–Kier alpha value is -3.11. The fourth-order valence-electron chi connectivity index (χ4n) is 2.47. The minimum Gasteiger partial charge on any atom is -0.478 e. The van der Waals surface area contributed by atoms with Gasteiger partial charge in [-0.1, -0.05) is 0 Å². The monoisotopic (exact) mass is 344 g/mol. The van der Waals surface area contributed by atoms with E-state index in [0.717, 1.165) is 20.0 Å². The van der Waals surface area contributed by atoms with Gasteiger partial charge in [-0.3, -0.25) is 4.79 Å². The highest BCUT2D eigenvalue weighted by Crippen LogP contribution is 2.23. The summed E-state index contributed by atoms with van der Waals surface area (Å²) in [4.78, 5) is 29.4. The van der Waals surface area contributed by atoms with Gasteiger partial charge >= 0.3 is 5.97 Å². The molecule has 1 amide bonds. The van der Waals surface area contributed by atoms with Gasteiger partial charge in [0.2, 0.25) is 5.89 Å². The van der Waals surface area contributed by atoms with Crippen LogP contribution in [-0.4, -0.2) is 52.2 Å². The number of carbonyl (C=O) groups is 2. The van der Waals surface area contributed by atoms with E-state index in [0.29, 0.717) is 30.1 Å². The van der Waals surface area contributed by atoms with Crippen molar-refractivity contribution in [1.82, 2.24) is 9.88 Å². The van der Waals surface area contributed by atoms with Gasteiger partial charge in [0.05, 0.1) is 11.8 Å². The number of hydrogen-bond donors (Lipinski definition) is 2. The molecule has 0 saturated carbocycles. The fourth-order valence-corrected chi connectivity index (χ4v) is 2.47. The van der Waals surface area contributed by atoms with Crippen LogP contribution in [-0.2, 0) is 0 Å². The van der Waals surface area contributed by atoms with Crippen molar-refractivity contribution in [1.29, 1.82) is 0 Å². The van der Waals surface area contributed by atoms with Gasteiger partial charge in [-0.15, -0.1) is 12.8 Å². The number of carbonyl (C=O) groups excluding carboxylic acids is 1. The number of hydrogen-bond acceptors (Lipinski definition) is 5. The predicted molar refractivity (Wildman–Crippen MR) is 92.1 cm³/mol. The van der Waals surface area contributed by atoms with Crippen molar-refractivity contribution in [2.24, 2.45) is 0 Å². The number of amides is 1. The van der Waals surface area contributed by atoms with Gasteiger partial charge in [-0.2, -0.15) is 0 Å². The highest BCUT2D eigenvalue weighted by atomic mass is 16.4. The third kappa shape index (κ3) is 4.93. The average Bonchev–Trinajstić information content (AvgIpc) is 3.38. The number of nitrogens with zero attached hydrogens (tertiary/aromatic N) is 2. The molecule has 0 unspecified atom stereocenters. The van der Waals surface area contributed by atoms with Crippen molar-refractivity contribution in [3.05, 3.63) is 41.8 Å². The first kappa shape index (κ1) is 19.9. The Labute approximate surface area is 145 Å².